The summed E-state index contributed by atoms with van der Waals surface area (Å²) in [6, 6.07) is 15.6. The van der Waals surface area contributed by atoms with E-state index < -0.39 is 0 Å². The zero-order chi connectivity index (χ0) is 21.5. The first-order chi connectivity index (χ1) is 15.2. The highest BCUT2D eigenvalue weighted by molar-refractivity contribution is 7.99. The number of nitrogens with one attached hydrogen (secondary N) is 1. The molecular formula is C22H21N5O2S2. The highest BCUT2D eigenvalue weighted by Gasteiger charge is 2.18. The molecule has 0 saturated carbocycles. The lowest BCUT2D eigenvalue weighted by atomic mass is 10.3. The number of thioether (sulfide) groups is 1. The third-order valence-corrected chi connectivity index (χ3v) is 6.12. The van der Waals surface area contributed by atoms with E-state index >= 15 is 0 Å². The van der Waals surface area contributed by atoms with Crippen molar-refractivity contribution >= 4 is 29.0 Å². The van der Waals surface area contributed by atoms with E-state index in [9.17, 15) is 4.79 Å². The molecule has 0 aliphatic carbocycles. The predicted octanol–water partition coefficient (Wildman–Crippen LogP) is 4.20. The molecule has 158 valence electrons. The minimum absolute atomic E-state index is 0.0761. The van der Waals surface area contributed by atoms with Crippen LogP contribution in [0, 0.1) is 0 Å². The number of hydrogen-bond donors (Lipinski definition) is 1. The Morgan fingerprint density at radius 2 is 2.03 bits per heavy atom. The Balaban J connectivity index is 1.51. The maximum absolute atomic E-state index is 12.4. The summed E-state index contributed by atoms with van der Waals surface area (Å²) in [6.07, 6.45) is 3.45. The predicted molar refractivity (Wildman–Crippen MR) is 123 cm³/mol. The number of rotatable bonds is 9. The fourth-order valence-electron chi connectivity index (χ4n) is 2.90. The molecule has 0 radical (unpaired) electrons. The second-order valence-corrected chi connectivity index (χ2v) is 8.36. The molecule has 1 aromatic carbocycles. The molecule has 3 aromatic heterocycles. The lowest BCUT2D eigenvalue weighted by molar-refractivity contribution is -0.118. The maximum Gasteiger partial charge on any atom is 0.230 e. The smallest absolute Gasteiger partial charge is 0.230 e. The summed E-state index contributed by atoms with van der Waals surface area (Å²) in [6.45, 7) is 3.01. The largest absolute Gasteiger partial charge is 0.494 e. The van der Waals surface area contributed by atoms with E-state index in [1.165, 1.54) is 11.8 Å². The number of nitrogens with zero attached hydrogens (tertiary/aromatic N) is 4. The molecule has 4 rings (SSSR count). The van der Waals surface area contributed by atoms with Crippen LogP contribution in [0.1, 0.15) is 12.5 Å². The molecule has 1 N–H and O–H groups in total. The number of aromatic nitrogens is 4. The zero-order valence-corrected chi connectivity index (χ0v) is 18.5. The average Bonchev–Trinajstić information content (AvgIpc) is 3.48. The fraction of sp³-hybridized carbons (Fsp3) is 0.182. The van der Waals surface area contributed by atoms with Gasteiger partial charge in [0.25, 0.3) is 0 Å². The zero-order valence-electron chi connectivity index (χ0n) is 16.9. The molecule has 0 unspecified atom stereocenters. The van der Waals surface area contributed by atoms with Crippen LogP contribution in [-0.2, 0) is 11.3 Å². The molecule has 31 heavy (non-hydrogen) atoms. The van der Waals surface area contributed by atoms with Crippen molar-refractivity contribution in [2.24, 2.45) is 0 Å². The number of carbonyl (C=O) groups excluding carboxylic acids is 1. The van der Waals surface area contributed by atoms with Crippen LogP contribution in [0.5, 0.6) is 5.75 Å². The van der Waals surface area contributed by atoms with Crippen molar-refractivity contribution in [1.82, 2.24) is 25.1 Å². The molecule has 4 aromatic rings. The van der Waals surface area contributed by atoms with Crippen molar-refractivity contribution in [3.63, 3.8) is 0 Å². The van der Waals surface area contributed by atoms with Crippen molar-refractivity contribution < 1.29 is 9.53 Å². The summed E-state index contributed by atoms with van der Waals surface area (Å²) in [5, 5.41) is 14.3. The van der Waals surface area contributed by atoms with Gasteiger partial charge in [0, 0.05) is 18.9 Å². The average molecular weight is 452 g/mol. The summed E-state index contributed by atoms with van der Waals surface area (Å²) in [5.41, 5.74) is 1.87. The van der Waals surface area contributed by atoms with Gasteiger partial charge in [-0.2, -0.15) is 0 Å². The minimum atomic E-state index is -0.0761. The molecule has 1 amide bonds. The topological polar surface area (TPSA) is 81.9 Å². The molecule has 0 atom stereocenters. The number of hydrogen-bond acceptors (Lipinski definition) is 7. The molecule has 0 fully saturated rings. The van der Waals surface area contributed by atoms with E-state index in [4.69, 9.17) is 4.74 Å². The van der Waals surface area contributed by atoms with Gasteiger partial charge < -0.3 is 10.1 Å². The van der Waals surface area contributed by atoms with Crippen molar-refractivity contribution in [3.8, 4) is 22.1 Å². The monoisotopic (exact) mass is 451 g/mol. The molecule has 0 bridgehead atoms. The van der Waals surface area contributed by atoms with Crippen molar-refractivity contribution in [2.75, 3.05) is 12.4 Å². The molecule has 0 saturated heterocycles. The number of pyridine rings is 1. The first kappa shape index (κ1) is 21.1. The minimum Gasteiger partial charge on any atom is -0.494 e. The maximum atomic E-state index is 12.4. The Kier molecular flexibility index (Phi) is 6.96. The van der Waals surface area contributed by atoms with Crippen LogP contribution >= 0.6 is 23.1 Å². The molecule has 0 aliphatic rings. The lowest BCUT2D eigenvalue weighted by Crippen LogP contribution is -2.24. The van der Waals surface area contributed by atoms with Gasteiger partial charge in [-0.1, -0.05) is 23.9 Å². The van der Waals surface area contributed by atoms with Gasteiger partial charge >= 0.3 is 0 Å². The number of ether oxygens (including phenoxy) is 1. The van der Waals surface area contributed by atoms with E-state index in [0.29, 0.717) is 18.3 Å². The Labute approximate surface area is 188 Å². The Morgan fingerprint density at radius 3 is 2.74 bits per heavy atom. The lowest BCUT2D eigenvalue weighted by Gasteiger charge is -2.11. The van der Waals surface area contributed by atoms with Gasteiger partial charge in [-0.3, -0.25) is 14.3 Å². The number of thiophene rings is 1. The highest BCUT2D eigenvalue weighted by Crippen LogP contribution is 2.31. The van der Waals surface area contributed by atoms with Crippen LogP contribution in [0.25, 0.3) is 16.4 Å². The Hall–Kier alpha value is -3.17. The van der Waals surface area contributed by atoms with E-state index in [0.717, 1.165) is 27.7 Å². The second kappa shape index (κ2) is 10.2. The Bertz CT molecular complexity index is 1110. The fourth-order valence-corrected chi connectivity index (χ4v) is 4.38. The van der Waals surface area contributed by atoms with Crippen molar-refractivity contribution in [1.29, 1.82) is 0 Å². The highest BCUT2D eigenvalue weighted by atomic mass is 32.2. The normalized spacial score (nSPS) is 10.7. The van der Waals surface area contributed by atoms with Gasteiger partial charge in [0.1, 0.15) is 5.75 Å². The molecule has 0 spiro atoms. The number of carbonyl (C=O) groups is 1. The summed E-state index contributed by atoms with van der Waals surface area (Å²) in [4.78, 5) is 17.4. The quantitative estimate of drug-likeness (QED) is 0.384. The van der Waals surface area contributed by atoms with Gasteiger partial charge in [-0.05, 0) is 54.3 Å². The van der Waals surface area contributed by atoms with Crippen LogP contribution in [0.3, 0.4) is 0 Å². The van der Waals surface area contributed by atoms with Gasteiger partial charge in [0.15, 0.2) is 11.0 Å². The van der Waals surface area contributed by atoms with Crippen LogP contribution in [0.15, 0.2) is 71.5 Å². The summed E-state index contributed by atoms with van der Waals surface area (Å²) in [5.74, 6) is 1.71. The van der Waals surface area contributed by atoms with Crippen LogP contribution in [-0.4, -0.2) is 38.0 Å². The van der Waals surface area contributed by atoms with Crippen LogP contribution in [0.2, 0.25) is 0 Å². The molecule has 7 nitrogen and oxygen atoms in total. The summed E-state index contributed by atoms with van der Waals surface area (Å²) < 4.78 is 7.53. The molecule has 0 aliphatic heterocycles. The van der Waals surface area contributed by atoms with Gasteiger partial charge in [0.2, 0.25) is 5.91 Å². The van der Waals surface area contributed by atoms with Crippen molar-refractivity contribution in [3.05, 3.63) is 71.9 Å². The van der Waals surface area contributed by atoms with E-state index in [1.807, 2.05) is 65.4 Å². The van der Waals surface area contributed by atoms with E-state index in [2.05, 4.69) is 20.5 Å². The number of benzene rings is 1. The molecule has 9 heteroatoms. The van der Waals surface area contributed by atoms with Gasteiger partial charge in [-0.25, -0.2) is 0 Å². The second-order valence-electron chi connectivity index (χ2n) is 6.47. The summed E-state index contributed by atoms with van der Waals surface area (Å²) >= 11 is 2.95. The molecule has 3 heterocycles. The van der Waals surface area contributed by atoms with E-state index in [1.54, 1.807) is 23.7 Å². The van der Waals surface area contributed by atoms with Gasteiger partial charge in [-0.15, -0.1) is 21.5 Å². The van der Waals surface area contributed by atoms with Crippen LogP contribution < -0.4 is 10.1 Å². The standard InChI is InChI=1S/C22H21N5O2S2/c1-2-29-18-9-7-17(8-10-18)27-21(19-6-4-12-30-19)25-26-22(27)31-15-20(28)24-14-16-5-3-11-23-13-16/h3-13H,2,14-15H2,1H3,(H,24,28). The third kappa shape index (κ3) is 5.31. The van der Waals surface area contributed by atoms with Crippen molar-refractivity contribution in [2.45, 2.75) is 18.6 Å². The van der Waals surface area contributed by atoms with Crippen LogP contribution in [0.4, 0.5) is 0 Å². The van der Waals surface area contributed by atoms with E-state index in [-0.39, 0.29) is 11.7 Å². The summed E-state index contributed by atoms with van der Waals surface area (Å²) in [7, 11) is 0. The SMILES string of the molecule is CCOc1ccc(-n2c(SCC(=O)NCc3cccnc3)nnc2-c2cccs2)cc1. The third-order valence-electron chi connectivity index (χ3n) is 4.33. The molecular weight excluding hydrogens is 430 g/mol. The van der Waals surface area contributed by atoms with Gasteiger partial charge in [0.05, 0.1) is 22.9 Å². The first-order valence-electron chi connectivity index (χ1n) is 9.75. The number of amides is 1. The first-order valence-corrected chi connectivity index (χ1v) is 11.6. The Morgan fingerprint density at radius 1 is 1.16 bits per heavy atom.